The number of Topliss-reactive ketones (excluding diaryl/α,β-unsaturated/α-hetero) is 1. The minimum atomic E-state index is -3.56. The van der Waals surface area contributed by atoms with Crippen molar-refractivity contribution in [2.75, 3.05) is 19.4 Å². The number of carbonyl (C=O) groups is 2. The summed E-state index contributed by atoms with van der Waals surface area (Å²) in [6.07, 6.45) is 0.987. The van der Waals surface area contributed by atoms with Gasteiger partial charge in [0, 0.05) is 22.9 Å². The first-order valence-corrected chi connectivity index (χ1v) is 10.8. The number of carbonyl (C=O) groups excluding carboxylic acids is 2. The number of sulfone groups is 1. The Morgan fingerprint density at radius 3 is 2.20 bits per heavy atom. The molecule has 10 heteroatoms. The Bertz CT molecular complexity index is 1150. The van der Waals surface area contributed by atoms with Crippen LogP contribution >= 0.6 is 0 Å². The van der Waals surface area contributed by atoms with Crippen molar-refractivity contribution in [3.8, 4) is 17.2 Å². The number of hydrogen-bond acceptors (Lipinski definition) is 8. The van der Waals surface area contributed by atoms with Crippen molar-refractivity contribution >= 4 is 21.5 Å². The molecule has 1 N–H and O–H groups in total. The average molecular weight is 429 g/mol. The molecule has 0 aliphatic carbocycles. The number of benzene rings is 2. The number of rotatable bonds is 8. The Morgan fingerprint density at radius 1 is 1.00 bits per heavy atom. The molecular formula is C20H19N3O6S. The molecule has 156 valence electrons. The van der Waals surface area contributed by atoms with Crippen molar-refractivity contribution in [2.24, 2.45) is 0 Å². The first-order chi connectivity index (χ1) is 14.2. The number of nitrogens with one attached hydrogen (secondary N) is 1. The highest BCUT2D eigenvalue weighted by atomic mass is 32.2. The van der Waals surface area contributed by atoms with E-state index >= 15 is 0 Å². The number of ketones is 1. The summed E-state index contributed by atoms with van der Waals surface area (Å²) in [6.45, 7) is 2.00. The normalized spacial score (nSPS) is 11.1. The third-order valence-corrected chi connectivity index (χ3v) is 4.83. The number of hydrogen-bond donors (Lipinski definition) is 1. The Kier molecular flexibility index (Phi) is 6.26. The lowest BCUT2D eigenvalue weighted by Gasteiger charge is -2.08. The predicted octanol–water partition coefficient (Wildman–Crippen LogP) is 2.15. The lowest BCUT2D eigenvalue weighted by Crippen LogP contribution is -2.28. The van der Waals surface area contributed by atoms with Gasteiger partial charge in [-0.25, -0.2) is 8.42 Å². The van der Waals surface area contributed by atoms with Crippen LogP contribution in [0, 0.1) is 0 Å². The first-order valence-electron chi connectivity index (χ1n) is 8.90. The van der Waals surface area contributed by atoms with Crippen LogP contribution in [0.4, 0.5) is 0 Å². The van der Waals surface area contributed by atoms with Crippen molar-refractivity contribution in [3.05, 3.63) is 59.7 Å². The van der Waals surface area contributed by atoms with Gasteiger partial charge in [-0.3, -0.25) is 9.59 Å². The van der Waals surface area contributed by atoms with Gasteiger partial charge in [0.25, 0.3) is 5.91 Å². The molecule has 30 heavy (non-hydrogen) atoms. The van der Waals surface area contributed by atoms with E-state index < -0.39 is 15.1 Å². The largest absolute Gasteiger partial charge is 0.492 e. The van der Waals surface area contributed by atoms with Crippen LogP contribution in [0.3, 0.4) is 0 Å². The van der Waals surface area contributed by atoms with Crippen molar-refractivity contribution in [1.29, 1.82) is 0 Å². The fourth-order valence-electron chi connectivity index (χ4n) is 2.46. The van der Waals surface area contributed by atoms with Gasteiger partial charge in [0.15, 0.2) is 5.78 Å². The maximum atomic E-state index is 12.1. The van der Waals surface area contributed by atoms with E-state index in [-0.39, 0.29) is 30.7 Å². The predicted molar refractivity (Wildman–Crippen MR) is 107 cm³/mol. The molecule has 0 saturated heterocycles. The lowest BCUT2D eigenvalue weighted by molar-refractivity contribution is 0.0945. The Balaban J connectivity index is 1.49. The zero-order valence-corrected chi connectivity index (χ0v) is 17.1. The standard InChI is InChI=1S/C20H19N3O6S/c1-13(24)14-3-5-15(6-4-14)18(25)21-11-12-28-17-9-7-16(8-10-17)19-22-23-20(29-19)30(2,26)27/h3-10H,11-12H2,1-2H3,(H,21,25). The van der Waals surface area contributed by atoms with E-state index in [1.165, 1.54) is 6.92 Å². The fraction of sp³-hybridized carbons (Fsp3) is 0.200. The van der Waals surface area contributed by atoms with E-state index in [0.717, 1.165) is 6.26 Å². The molecular weight excluding hydrogens is 410 g/mol. The van der Waals surface area contributed by atoms with Crippen LogP contribution in [-0.4, -0.2) is 49.7 Å². The second-order valence-corrected chi connectivity index (χ2v) is 8.30. The van der Waals surface area contributed by atoms with Crippen LogP contribution in [0.25, 0.3) is 11.5 Å². The van der Waals surface area contributed by atoms with Gasteiger partial charge in [0.05, 0.1) is 6.54 Å². The van der Waals surface area contributed by atoms with E-state index in [4.69, 9.17) is 9.15 Å². The van der Waals surface area contributed by atoms with Gasteiger partial charge in [-0.15, -0.1) is 5.10 Å². The third kappa shape index (κ3) is 5.29. The summed E-state index contributed by atoms with van der Waals surface area (Å²) >= 11 is 0. The van der Waals surface area contributed by atoms with Gasteiger partial charge in [-0.05, 0) is 43.3 Å². The molecule has 1 amide bonds. The van der Waals surface area contributed by atoms with E-state index in [2.05, 4.69) is 15.5 Å². The van der Waals surface area contributed by atoms with Gasteiger partial charge in [0.2, 0.25) is 15.7 Å². The molecule has 0 unspecified atom stereocenters. The minimum Gasteiger partial charge on any atom is -0.492 e. The molecule has 1 aromatic heterocycles. The second kappa shape index (κ2) is 8.87. The van der Waals surface area contributed by atoms with Crippen molar-refractivity contribution in [1.82, 2.24) is 15.5 Å². The van der Waals surface area contributed by atoms with Crippen LogP contribution in [0.2, 0.25) is 0 Å². The molecule has 3 aromatic rings. The molecule has 0 aliphatic heterocycles. The van der Waals surface area contributed by atoms with Crippen LogP contribution in [0.5, 0.6) is 5.75 Å². The number of ether oxygens (including phenoxy) is 1. The molecule has 9 nitrogen and oxygen atoms in total. The lowest BCUT2D eigenvalue weighted by atomic mass is 10.1. The van der Waals surface area contributed by atoms with Crippen molar-refractivity contribution < 1.29 is 27.2 Å². The molecule has 3 rings (SSSR count). The van der Waals surface area contributed by atoms with Crippen molar-refractivity contribution in [2.45, 2.75) is 12.1 Å². The maximum Gasteiger partial charge on any atom is 0.335 e. The third-order valence-electron chi connectivity index (χ3n) is 4.03. The monoisotopic (exact) mass is 429 g/mol. The van der Waals surface area contributed by atoms with Crippen LogP contribution in [-0.2, 0) is 9.84 Å². The Hall–Kier alpha value is -3.53. The van der Waals surface area contributed by atoms with Crippen LogP contribution in [0.15, 0.2) is 58.2 Å². The quantitative estimate of drug-likeness (QED) is 0.426. The molecule has 0 atom stereocenters. The van der Waals surface area contributed by atoms with E-state index in [1.807, 2.05) is 0 Å². The summed E-state index contributed by atoms with van der Waals surface area (Å²) < 4.78 is 33.5. The van der Waals surface area contributed by atoms with Gasteiger partial charge >= 0.3 is 5.22 Å². The van der Waals surface area contributed by atoms with Gasteiger partial charge in [0.1, 0.15) is 12.4 Å². The maximum absolute atomic E-state index is 12.1. The van der Waals surface area contributed by atoms with Crippen molar-refractivity contribution in [3.63, 3.8) is 0 Å². The second-order valence-electron chi connectivity index (χ2n) is 6.41. The highest BCUT2D eigenvalue weighted by Crippen LogP contribution is 2.22. The Morgan fingerprint density at radius 2 is 1.63 bits per heavy atom. The summed E-state index contributed by atoms with van der Waals surface area (Å²) in [5.74, 6) is 0.324. The fourth-order valence-corrected chi connectivity index (χ4v) is 2.88. The SMILES string of the molecule is CC(=O)c1ccc(C(=O)NCCOc2ccc(-c3nnc(S(C)(=O)=O)o3)cc2)cc1. The van der Waals surface area contributed by atoms with Gasteiger partial charge in [-0.2, -0.15) is 0 Å². The van der Waals surface area contributed by atoms with E-state index in [0.29, 0.717) is 22.4 Å². The first kappa shape index (κ1) is 21.2. The smallest absolute Gasteiger partial charge is 0.335 e. The molecule has 0 fully saturated rings. The molecule has 0 bridgehead atoms. The molecule has 0 spiro atoms. The molecule has 1 heterocycles. The molecule has 0 radical (unpaired) electrons. The zero-order chi connectivity index (χ0) is 21.7. The van der Waals surface area contributed by atoms with Gasteiger partial charge in [-0.1, -0.05) is 17.2 Å². The molecule has 2 aromatic carbocycles. The molecule has 0 aliphatic rings. The summed E-state index contributed by atoms with van der Waals surface area (Å²) in [5, 5.41) is 9.52. The topological polar surface area (TPSA) is 128 Å². The van der Waals surface area contributed by atoms with E-state index in [9.17, 15) is 18.0 Å². The summed E-state index contributed by atoms with van der Waals surface area (Å²) in [7, 11) is -3.56. The Labute approximate surface area is 173 Å². The summed E-state index contributed by atoms with van der Waals surface area (Å²) in [5.41, 5.74) is 1.55. The highest BCUT2D eigenvalue weighted by molar-refractivity contribution is 7.90. The number of amides is 1. The number of aromatic nitrogens is 2. The summed E-state index contributed by atoms with van der Waals surface area (Å²) in [6, 6.07) is 13.1. The average Bonchev–Trinajstić information content (AvgIpc) is 3.22. The van der Waals surface area contributed by atoms with Crippen LogP contribution in [0.1, 0.15) is 27.6 Å². The van der Waals surface area contributed by atoms with E-state index in [1.54, 1.807) is 48.5 Å². The molecule has 0 saturated carbocycles. The summed E-state index contributed by atoms with van der Waals surface area (Å²) in [4.78, 5) is 23.4. The zero-order valence-electron chi connectivity index (χ0n) is 16.3. The number of nitrogens with zero attached hydrogens (tertiary/aromatic N) is 2. The highest BCUT2D eigenvalue weighted by Gasteiger charge is 2.17. The van der Waals surface area contributed by atoms with Gasteiger partial charge < -0.3 is 14.5 Å². The minimum absolute atomic E-state index is 0.0590. The van der Waals surface area contributed by atoms with Crippen LogP contribution < -0.4 is 10.1 Å².